The lowest BCUT2D eigenvalue weighted by atomic mass is 10.0. The van der Waals surface area contributed by atoms with E-state index >= 15 is 0 Å². The van der Waals surface area contributed by atoms with Crippen LogP contribution < -0.4 is 4.74 Å². The Kier molecular flexibility index (Phi) is 4.59. The van der Waals surface area contributed by atoms with Crippen molar-refractivity contribution in [2.75, 3.05) is 46.4 Å². The van der Waals surface area contributed by atoms with E-state index in [0.717, 1.165) is 39.3 Å². The summed E-state index contributed by atoms with van der Waals surface area (Å²) in [6, 6.07) is 1.12. The van der Waals surface area contributed by atoms with Crippen LogP contribution in [0.25, 0.3) is 0 Å². The van der Waals surface area contributed by atoms with E-state index in [1.165, 1.54) is 0 Å². The third-order valence-electron chi connectivity index (χ3n) is 4.96. The van der Waals surface area contributed by atoms with Gasteiger partial charge in [0.05, 0.1) is 7.11 Å². The van der Waals surface area contributed by atoms with Gasteiger partial charge in [-0.15, -0.1) is 5.10 Å². The molecule has 2 aliphatic rings. The number of hydrogen-bond donors (Lipinski definition) is 0. The standard InChI is InChI=1S/C16H27N5O2/c1-12(2)19-5-7-20(8-6-19)13-9-21(10-13)16(22)14-11-18(3)17-15(14)23-4/h11-13H,5-10H2,1-4H3. The summed E-state index contributed by atoms with van der Waals surface area (Å²) in [4.78, 5) is 19.5. The normalized spacial score (nSPS) is 20.8. The molecular weight excluding hydrogens is 294 g/mol. The van der Waals surface area contributed by atoms with Crippen LogP contribution in [0.2, 0.25) is 0 Å². The van der Waals surface area contributed by atoms with Crippen LogP contribution in [0.15, 0.2) is 6.20 Å². The van der Waals surface area contributed by atoms with Crippen molar-refractivity contribution in [3.05, 3.63) is 11.8 Å². The van der Waals surface area contributed by atoms with E-state index in [0.29, 0.717) is 23.5 Å². The Morgan fingerprint density at radius 3 is 2.48 bits per heavy atom. The smallest absolute Gasteiger partial charge is 0.261 e. The zero-order valence-electron chi connectivity index (χ0n) is 14.5. The third-order valence-corrected chi connectivity index (χ3v) is 4.96. The number of likely N-dealkylation sites (tertiary alicyclic amines) is 1. The number of amides is 1. The van der Waals surface area contributed by atoms with E-state index in [9.17, 15) is 4.79 Å². The number of nitrogens with zero attached hydrogens (tertiary/aromatic N) is 5. The maximum atomic E-state index is 12.6. The van der Waals surface area contributed by atoms with Gasteiger partial charge in [-0.05, 0) is 13.8 Å². The molecule has 7 nitrogen and oxygen atoms in total. The van der Waals surface area contributed by atoms with Gasteiger partial charge in [-0.1, -0.05) is 0 Å². The monoisotopic (exact) mass is 321 g/mol. The van der Waals surface area contributed by atoms with Gasteiger partial charge in [0.25, 0.3) is 5.91 Å². The molecule has 23 heavy (non-hydrogen) atoms. The summed E-state index contributed by atoms with van der Waals surface area (Å²) in [5, 5.41) is 4.16. The second kappa shape index (κ2) is 6.49. The molecule has 0 saturated carbocycles. The minimum absolute atomic E-state index is 0.0204. The predicted molar refractivity (Wildman–Crippen MR) is 87.7 cm³/mol. The summed E-state index contributed by atoms with van der Waals surface area (Å²) >= 11 is 0. The van der Waals surface area contributed by atoms with Gasteiger partial charge in [0.1, 0.15) is 5.56 Å². The van der Waals surface area contributed by atoms with Crippen LogP contribution in [0.1, 0.15) is 24.2 Å². The van der Waals surface area contributed by atoms with Gasteiger partial charge in [-0.25, -0.2) is 0 Å². The average Bonchev–Trinajstić information content (AvgIpc) is 2.87. The highest BCUT2D eigenvalue weighted by molar-refractivity contribution is 5.96. The molecule has 0 bridgehead atoms. The average molecular weight is 321 g/mol. The van der Waals surface area contributed by atoms with E-state index in [2.05, 4.69) is 28.7 Å². The Bertz CT molecular complexity index is 557. The van der Waals surface area contributed by atoms with Gasteiger partial charge in [0, 0.05) is 64.6 Å². The molecule has 0 aromatic carbocycles. The number of aromatic nitrogens is 2. The Morgan fingerprint density at radius 1 is 1.26 bits per heavy atom. The molecule has 3 rings (SSSR count). The van der Waals surface area contributed by atoms with E-state index in [1.807, 2.05) is 4.90 Å². The highest BCUT2D eigenvalue weighted by atomic mass is 16.5. The minimum atomic E-state index is 0.0204. The molecule has 0 radical (unpaired) electrons. The summed E-state index contributed by atoms with van der Waals surface area (Å²) in [5.74, 6) is 0.429. The number of piperazine rings is 1. The minimum Gasteiger partial charge on any atom is -0.479 e. The summed E-state index contributed by atoms with van der Waals surface area (Å²) in [7, 11) is 3.35. The number of aryl methyl sites for hydroxylation is 1. The fourth-order valence-electron chi connectivity index (χ4n) is 3.41. The molecule has 1 aromatic heterocycles. The van der Waals surface area contributed by atoms with Crippen LogP contribution in [0.4, 0.5) is 0 Å². The summed E-state index contributed by atoms with van der Waals surface area (Å²) in [6.45, 7) is 10.6. The Morgan fingerprint density at radius 2 is 1.91 bits per heavy atom. The summed E-state index contributed by atoms with van der Waals surface area (Å²) in [5.41, 5.74) is 0.554. The van der Waals surface area contributed by atoms with E-state index in [1.54, 1.807) is 25.0 Å². The van der Waals surface area contributed by atoms with E-state index < -0.39 is 0 Å². The molecule has 2 fully saturated rings. The van der Waals surface area contributed by atoms with Crippen molar-refractivity contribution in [2.45, 2.75) is 25.9 Å². The van der Waals surface area contributed by atoms with Gasteiger partial charge in [-0.2, -0.15) is 0 Å². The highest BCUT2D eigenvalue weighted by Gasteiger charge is 2.37. The molecule has 0 N–H and O–H groups in total. The first-order valence-corrected chi connectivity index (χ1v) is 8.34. The van der Waals surface area contributed by atoms with Crippen molar-refractivity contribution in [1.29, 1.82) is 0 Å². The largest absolute Gasteiger partial charge is 0.479 e. The van der Waals surface area contributed by atoms with Gasteiger partial charge in [-0.3, -0.25) is 19.3 Å². The van der Waals surface area contributed by atoms with Crippen LogP contribution in [0.5, 0.6) is 5.88 Å². The highest BCUT2D eigenvalue weighted by Crippen LogP contribution is 2.23. The Balaban J connectivity index is 1.52. The van der Waals surface area contributed by atoms with E-state index in [4.69, 9.17) is 4.74 Å². The van der Waals surface area contributed by atoms with Crippen molar-refractivity contribution in [1.82, 2.24) is 24.5 Å². The lowest BCUT2D eigenvalue weighted by Gasteiger charge is -2.48. The van der Waals surface area contributed by atoms with Crippen molar-refractivity contribution in [2.24, 2.45) is 7.05 Å². The molecule has 128 valence electrons. The first kappa shape index (κ1) is 16.3. The lowest BCUT2D eigenvalue weighted by Crippen LogP contribution is -2.64. The van der Waals surface area contributed by atoms with Crippen LogP contribution in [0, 0.1) is 0 Å². The van der Waals surface area contributed by atoms with Crippen LogP contribution in [-0.2, 0) is 7.05 Å². The first-order valence-electron chi connectivity index (χ1n) is 8.34. The molecule has 3 heterocycles. The Hall–Kier alpha value is -1.60. The molecule has 1 aromatic rings. The first-order chi connectivity index (χ1) is 11.0. The van der Waals surface area contributed by atoms with Crippen molar-refractivity contribution in [3.63, 3.8) is 0 Å². The van der Waals surface area contributed by atoms with E-state index in [-0.39, 0.29) is 5.91 Å². The molecule has 0 aliphatic carbocycles. The number of rotatable bonds is 4. The molecular formula is C16H27N5O2. The number of ether oxygens (including phenoxy) is 1. The number of carbonyl (C=O) groups is 1. The van der Waals surface area contributed by atoms with Crippen LogP contribution in [-0.4, -0.2) is 88.8 Å². The maximum absolute atomic E-state index is 12.6. The molecule has 0 unspecified atom stereocenters. The zero-order valence-corrected chi connectivity index (χ0v) is 14.5. The van der Waals surface area contributed by atoms with Crippen molar-refractivity contribution >= 4 is 5.91 Å². The number of hydrogen-bond acceptors (Lipinski definition) is 5. The van der Waals surface area contributed by atoms with Crippen LogP contribution >= 0.6 is 0 Å². The third kappa shape index (κ3) is 3.21. The second-order valence-corrected chi connectivity index (χ2v) is 6.76. The number of carbonyl (C=O) groups excluding carboxylic acids is 1. The second-order valence-electron chi connectivity index (χ2n) is 6.76. The van der Waals surface area contributed by atoms with Gasteiger partial charge in [0.15, 0.2) is 0 Å². The topological polar surface area (TPSA) is 53.8 Å². The molecule has 7 heteroatoms. The van der Waals surface area contributed by atoms with Gasteiger partial charge in [0.2, 0.25) is 5.88 Å². The molecule has 0 atom stereocenters. The summed E-state index contributed by atoms with van der Waals surface area (Å²) < 4.78 is 6.81. The Labute approximate surface area is 137 Å². The maximum Gasteiger partial charge on any atom is 0.261 e. The molecule has 1 amide bonds. The van der Waals surface area contributed by atoms with Crippen molar-refractivity contribution < 1.29 is 9.53 Å². The zero-order chi connectivity index (χ0) is 16.6. The van der Waals surface area contributed by atoms with Crippen LogP contribution in [0.3, 0.4) is 0 Å². The van der Waals surface area contributed by atoms with Gasteiger partial charge < -0.3 is 9.64 Å². The molecule has 2 saturated heterocycles. The SMILES string of the molecule is COc1nn(C)cc1C(=O)N1CC(N2CCN(C(C)C)CC2)C1. The fourth-order valence-corrected chi connectivity index (χ4v) is 3.41. The fraction of sp³-hybridized carbons (Fsp3) is 0.750. The quantitative estimate of drug-likeness (QED) is 0.797. The number of methoxy groups -OCH3 is 1. The molecule has 2 aliphatic heterocycles. The predicted octanol–water partition coefficient (Wildman–Crippen LogP) is 0.279. The lowest BCUT2D eigenvalue weighted by molar-refractivity contribution is 0.00304. The summed E-state index contributed by atoms with van der Waals surface area (Å²) in [6.07, 6.45) is 1.73. The molecule has 0 spiro atoms. The van der Waals surface area contributed by atoms with Gasteiger partial charge >= 0.3 is 0 Å². The van der Waals surface area contributed by atoms with Crippen molar-refractivity contribution in [3.8, 4) is 5.88 Å².